The second kappa shape index (κ2) is 6.35. The summed E-state index contributed by atoms with van der Waals surface area (Å²) in [5.41, 5.74) is 6.24. The molecule has 6 heteroatoms. The van der Waals surface area contributed by atoms with Crippen LogP contribution in [0.3, 0.4) is 0 Å². The molecule has 3 N–H and O–H groups in total. The van der Waals surface area contributed by atoms with Crippen LogP contribution >= 0.6 is 11.6 Å². The van der Waals surface area contributed by atoms with E-state index in [1.165, 1.54) is 6.07 Å². The molecule has 0 aliphatic heterocycles. The molecule has 0 saturated carbocycles. The van der Waals surface area contributed by atoms with Crippen LogP contribution in [0, 0.1) is 0 Å². The molecule has 0 aromatic carbocycles. The number of rotatable bonds is 5. The van der Waals surface area contributed by atoms with Crippen molar-refractivity contribution in [3.05, 3.63) is 28.5 Å². The fourth-order valence-corrected chi connectivity index (χ4v) is 1.75. The molecule has 0 fully saturated rings. The first-order chi connectivity index (χ1) is 8.42. The Labute approximate surface area is 111 Å². The maximum absolute atomic E-state index is 11.9. The van der Waals surface area contributed by atoms with Gasteiger partial charge in [0.05, 0.1) is 0 Å². The zero-order chi connectivity index (χ0) is 13.7. The molecule has 0 spiro atoms. The predicted molar refractivity (Wildman–Crippen MR) is 69.4 cm³/mol. The average Bonchev–Trinajstić information content (AvgIpc) is 2.26. The van der Waals surface area contributed by atoms with Gasteiger partial charge in [0.1, 0.15) is 5.15 Å². The highest BCUT2D eigenvalue weighted by molar-refractivity contribution is 6.29. The number of halogens is 1. The molecule has 1 aromatic heterocycles. The summed E-state index contributed by atoms with van der Waals surface area (Å²) in [6, 6.07) is 2.86. The molecule has 1 heterocycles. The fraction of sp³-hybridized carbons (Fsp3) is 0.417. The molecule has 1 unspecified atom stereocenters. The first kappa shape index (κ1) is 14.4. The van der Waals surface area contributed by atoms with Crippen molar-refractivity contribution < 1.29 is 9.59 Å². The van der Waals surface area contributed by atoms with E-state index in [0.29, 0.717) is 12.0 Å². The van der Waals surface area contributed by atoms with Crippen LogP contribution in [0.5, 0.6) is 0 Å². The molecular weight excluding hydrogens is 254 g/mol. The highest BCUT2D eigenvalue weighted by Crippen LogP contribution is 2.11. The van der Waals surface area contributed by atoms with E-state index < -0.39 is 5.91 Å². The molecule has 1 rings (SSSR count). The lowest BCUT2D eigenvalue weighted by molar-refractivity contribution is -0.118. The predicted octanol–water partition coefficient (Wildman–Crippen LogP) is 1.29. The lowest BCUT2D eigenvalue weighted by Gasteiger charge is -2.12. The average molecular weight is 270 g/mol. The van der Waals surface area contributed by atoms with Crippen LogP contribution in [0.1, 0.15) is 36.3 Å². The SMILES string of the molecule is CCc1cc(C(=O)NC(C)CC(N)=O)cc(Cl)n1. The highest BCUT2D eigenvalue weighted by atomic mass is 35.5. The first-order valence-electron chi connectivity index (χ1n) is 5.68. The Morgan fingerprint density at radius 1 is 1.50 bits per heavy atom. The van der Waals surface area contributed by atoms with E-state index in [9.17, 15) is 9.59 Å². The van der Waals surface area contributed by atoms with Gasteiger partial charge in [-0.05, 0) is 25.5 Å². The van der Waals surface area contributed by atoms with Crippen molar-refractivity contribution in [2.45, 2.75) is 32.7 Å². The molecule has 0 aliphatic rings. The highest BCUT2D eigenvalue weighted by Gasteiger charge is 2.13. The van der Waals surface area contributed by atoms with Gasteiger partial charge >= 0.3 is 0 Å². The summed E-state index contributed by atoms with van der Waals surface area (Å²) in [5.74, 6) is -0.743. The van der Waals surface area contributed by atoms with Crippen molar-refractivity contribution >= 4 is 23.4 Å². The van der Waals surface area contributed by atoms with Gasteiger partial charge in [-0.25, -0.2) is 4.98 Å². The van der Waals surface area contributed by atoms with Gasteiger partial charge in [-0.15, -0.1) is 0 Å². The van der Waals surface area contributed by atoms with Crippen LogP contribution in [0.25, 0.3) is 0 Å². The second-order valence-electron chi connectivity index (χ2n) is 4.07. The van der Waals surface area contributed by atoms with Crippen molar-refractivity contribution in [1.82, 2.24) is 10.3 Å². The zero-order valence-corrected chi connectivity index (χ0v) is 11.1. The molecule has 2 amide bonds. The molecule has 0 aliphatic carbocycles. The van der Waals surface area contributed by atoms with Gasteiger partial charge in [-0.3, -0.25) is 9.59 Å². The van der Waals surface area contributed by atoms with Crippen LogP contribution in [0.15, 0.2) is 12.1 Å². The van der Waals surface area contributed by atoms with E-state index in [0.717, 1.165) is 5.69 Å². The first-order valence-corrected chi connectivity index (χ1v) is 6.05. The van der Waals surface area contributed by atoms with Crippen molar-refractivity contribution in [2.75, 3.05) is 0 Å². The van der Waals surface area contributed by atoms with Crippen molar-refractivity contribution in [2.24, 2.45) is 5.73 Å². The summed E-state index contributed by atoms with van der Waals surface area (Å²) in [7, 11) is 0. The minimum Gasteiger partial charge on any atom is -0.370 e. The number of hydrogen-bond donors (Lipinski definition) is 2. The smallest absolute Gasteiger partial charge is 0.251 e. The van der Waals surface area contributed by atoms with E-state index in [-0.39, 0.29) is 23.5 Å². The second-order valence-corrected chi connectivity index (χ2v) is 4.46. The number of carbonyl (C=O) groups excluding carboxylic acids is 2. The third-order valence-electron chi connectivity index (χ3n) is 2.36. The molecular formula is C12H16ClN3O2. The Balaban J connectivity index is 2.77. The Kier molecular flexibility index (Phi) is 5.09. The minimum absolute atomic E-state index is 0.102. The summed E-state index contributed by atoms with van der Waals surface area (Å²) >= 11 is 5.83. The Morgan fingerprint density at radius 2 is 2.17 bits per heavy atom. The summed E-state index contributed by atoms with van der Waals surface area (Å²) in [6.07, 6.45) is 0.795. The molecule has 0 radical (unpaired) electrons. The normalized spacial score (nSPS) is 11.9. The van der Waals surface area contributed by atoms with Crippen LogP contribution in [0.2, 0.25) is 5.15 Å². The molecule has 98 valence electrons. The van der Waals surface area contributed by atoms with Crippen LogP contribution in [-0.4, -0.2) is 22.8 Å². The van der Waals surface area contributed by atoms with Gasteiger partial charge in [-0.2, -0.15) is 0 Å². The summed E-state index contributed by atoms with van der Waals surface area (Å²) in [4.78, 5) is 26.7. The van der Waals surface area contributed by atoms with Gasteiger partial charge in [0.15, 0.2) is 0 Å². The van der Waals surface area contributed by atoms with Gasteiger partial charge < -0.3 is 11.1 Å². The number of aromatic nitrogens is 1. The maximum atomic E-state index is 11.9. The number of nitrogens with two attached hydrogens (primary N) is 1. The van der Waals surface area contributed by atoms with Gasteiger partial charge in [0, 0.05) is 23.7 Å². The van der Waals surface area contributed by atoms with E-state index in [2.05, 4.69) is 10.3 Å². The lowest BCUT2D eigenvalue weighted by atomic mass is 10.1. The summed E-state index contributed by atoms with van der Waals surface area (Å²) < 4.78 is 0. The van der Waals surface area contributed by atoms with Crippen molar-refractivity contribution in [1.29, 1.82) is 0 Å². The van der Waals surface area contributed by atoms with Crippen LogP contribution < -0.4 is 11.1 Å². The molecule has 0 bridgehead atoms. The molecule has 1 aromatic rings. The topological polar surface area (TPSA) is 85.1 Å². The Hall–Kier alpha value is -1.62. The van der Waals surface area contributed by atoms with Gasteiger partial charge in [-0.1, -0.05) is 18.5 Å². The maximum Gasteiger partial charge on any atom is 0.251 e. The minimum atomic E-state index is -0.454. The lowest BCUT2D eigenvalue weighted by Crippen LogP contribution is -2.35. The number of nitrogens with one attached hydrogen (secondary N) is 1. The molecule has 5 nitrogen and oxygen atoms in total. The van der Waals surface area contributed by atoms with Gasteiger partial charge in [0.25, 0.3) is 5.91 Å². The van der Waals surface area contributed by atoms with E-state index >= 15 is 0 Å². The number of hydrogen-bond acceptors (Lipinski definition) is 3. The largest absolute Gasteiger partial charge is 0.370 e. The Morgan fingerprint density at radius 3 is 2.72 bits per heavy atom. The van der Waals surface area contributed by atoms with E-state index in [4.69, 9.17) is 17.3 Å². The number of carbonyl (C=O) groups is 2. The number of amides is 2. The Bertz CT molecular complexity index is 463. The third kappa shape index (κ3) is 4.33. The number of primary amides is 1. The number of pyridine rings is 1. The van der Waals surface area contributed by atoms with E-state index in [1.54, 1.807) is 13.0 Å². The summed E-state index contributed by atoms with van der Waals surface area (Å²) in [6.45, 7) is 3.64. The van der Waals surface area contributed by atoms with Gasteiger partial charge in [0.2, 0.25) is 5.91 Å². The zero-order valence-electron chi connectivity index (χ0n) is 10.4. The number of aryl methyl sites for hydroxylation is 1. The molecule has 18 heavy (non-hydrogen) atoms. The van der Waals surface area contributed by atoms with Crippen LogP contribution in [-0.2, 0) is 11.2 Å². The fourth-order valence-electron chi connectivity index (χ4n) is 1.52. The van der Waals surface area contributed by atoms with Crippen molar-refractivity contribution in [3.63, 3.8) is 0 Å². The monoisotopic (exact) mass is 269 g/mol. The van der Waals surface area contributed by atoms with E-state index in [1.807, 2.05) is 6.92 Å². The third-order valence-corrected chi connectivity index (χ3v) is 2.55. The van der Waals surface area contributed by atoms with Crippen molar-refractivity contribution in [3.8, 4) is 0 Å². The summed E-state index contributed by atoms with van der Waals surface area (Å²) in [5, 5.41) is 2.96. The molecule has 1 atom stereocenters. The van der Waals surface area contributed by atoms with Crippen LogP contribution in [0.4, 0.5) is 0 Å². The number of nitrogens with zero attached hydrogens (tertiary/aromatic N) is 1. The standard InChI is InChI=1S/C12H16ClN3O2/c1-3-9-5-8(6-10(13)16-9)12(18)15-7(2)4-11(14)17/h5-7H,3-4H2,1-2H3,(H2,14,17)(H,15,18). The quantitative estimate of drug-likeness (QED) is 0.790. The molecule has 0 saturated heterocycles.